The number of aromatic hydroxyl groups is 1. The molecule has 1 nitrogen and oxygen atoms in total. The van der Waals surface area contributed by atoms with Crippen molar-refractivity contribution in [2.24, 2.45) is 0 Å². The number of phenolic OH excluding ortho intramolecular Hbond substituents is 1. The topological polar surface area (TPSA) is 20.2 Å². The van der Waals surface area contributed by atoms with Gasteiger partial charge in [0.05, 0.1) is 0 Å². The predicted octanol–water partition coefficient (Wildman–Crippen LogP) is 5.42. The number of phenols is 1. The molecule has 0 aromatic heterocycles. The van der Waals surface area contributed by atoms with Crippen LogP contribution in [0.25, 0.3) is 0 Å². The van der Waals surface area contributed by atoms with E-state index in [2.05, 4.69) is 62.3 Å². The number of rotatable bonds is 2. The molecule has 20 heavy (non-hydrogen) atoms. The SMILES string of the molecule is CCc1c(C)c(CC)c(C(C)(C)C)c(O)c1C(C)(C)C. The van der Waals surface area contributed by atoms with Crippen molar-refractivity contribution in [3.05, 3.63) is 27.8 Å². The molecule has 0 radical (unpaired) electrons. The lowest BCUT2D eigenvalue weighted by Crippen LogP contribution is -2.22. The summed E-state index contributed by atoms with van der Waals surface area (Å²) in [7, 11) is 0. The minimum atomic E-state index is -0.0353. The average Bonchev–Trinajstić information content (AvgIpc) is 2.27. The summed E-state index contributed by atoms with van der Waals surface area (Å²) < 4.78 is 0. The molecule has 0 heterocycles. The maximum absolute atomic E-state index is 11.0. The average molecular weight is 276 g/mol. The largest absolute Gasteiger partial charge is 0.507 e. The summed E-state index contributed by atoms with van der Waals surface area (Å²) in [5.74, 6) is 0.532. The molecule has 1 rings (SSSR count). The fourth-order valence-electron chi connectivity index (χ4n) is 3.47. The summed E-state index contributed by atoms with van der Waals surface area (Å²) in [6.07, 6.45) is 1.95. The molecule has 0 amide bonds. The van der Waals surface area contributed by atoms with Crippen LogP contribution in [-0.4, -0.2) is 5.11 Å². The van der Waals surface area contributed by atoms with Gasteiger partial charge in [-0.15, -0.1) is 0 Å². The van der Waals surface area contributed by atoms with Crippen molar-refractivity contribution in [2.45, 2.75) is 86.0 Å². The molecular weight excluding hydrogens is 244 g/mol. The van der Waals surface area contributed by atoms with Crippen molar-refractivity contribution in [3.8, 4) is 5.75 Å². The van der Waals surface area contributed by atoms with Gasteiger partial charge < -0.3 is 5.11 Å². The first-order chi connectivity index (χ1) is 8.96. The number of benzene rings is 1. The third kappa shape index (κ3) is 2.87. The highest BCUT2D eigenvalue weighted by Gasteiger charge is 2.31. The zero-order valence-corrected chi connectivity index (χ0v) is 14.9. The fraction of sp³-hybridized carbons (Fsp3) is 0.684. The molecule has 1 heteroatoms. The highest BCUT2D eigenvalue weighted by molar-refractivity contribution is 5.59. The quantitative estimate of drug-likeness (QED) is 0.764. The van der Waals surface area contributed by atoms with Gasteiger partial charge in [-0.3, -0.25) is 0 Å². The van der Waals surface area contributed by atoms with Crippen LogP contribution in [0.2, 0.25) is 0 Å². The highest BCUT2D eigenvalue weighted by atomic mass is 16.3. The highest BCUT2D eigenvalue weighted by Crippen LogP contribution is 2.45. The molecule has 114 valence electrons. The van der Waals surface area contributed by atoms with Crippen molar-refractivity contribution in [1.82, 2.24) is 0 Å². The molecule has 0 aliphatic carbocycles. The molecule has 0 fully saturated rings. The van der Waals surface area contributed by atoms with Crippen LogP contribution in [0.5, 0.6) is 5.75 Å². The monoisotopic (exact) mass is 276 g/mol. The second-order valence-electron chi connectivity index (χ2n) is 7.89. The van der Waals surface area contributed by atoms with Gasteiger partial charge in [0.1, 0.15) is 5.75 Å². The summed E-state index contributed by atoms with van der Waals surface area (Å²) in [5.41, 5.74) is 6.25. The Morgan fingerprint density at radius 1 is 0.750 bits per heavy atom. The Balaban J connectivity index is 3.93. The standard InChI is InChI=1S/C19H32O/c1-10-13-12(3)14(11-2)16(19(7,8)9)17(20)15(13)18(4,5)6/h20H,10-11H2,1-9H3. The Morgan fingerprint density at radius 2 is 1.05 bits per heavy atom. The van der Waals surface area contributed by atoms with Crippen molar-refractivity contribution in [2.75, 3.05) is 0 Å². The molecule has 0 spiro atoms. The van der Waals surface area contributed by atoms with E-state index in [9.17, 15) is 5.11 Å². The van der Waals surface area contributed by atoms with Crippen LogP contribution < -0.4 is 0 Å². The van der Waals surface area contributed by atoms with Gasteiger partial charge in [0, 0.05) is 11.1 Å². The van der Waals surface area contributed by atoms with E-state index in [0.717, 1.165) is 24.0 Å². The molecule has 0 saturated carbocycles. The second kappa shape index (κ2) is 5.42. The van der Waals surface area contributed by atoms with Crippen molar-refractivity contribution in [1.29, 1.82) is 0 Å². The van der Waals surface area contributed by atoms with E-state index in [0.29, 0.717) is 5.75 Å². The minimum Gasteiger partial charge on any atom is -0.507 e. The van der Waals surface area contributed by atoms with Gasteiger partial charge >= 0.3 is 0 Å². The maximum Gasteiger partial charge on any atom is 0.123 e. The van der Waals surface area contributed by atoms with Crippen molar-refractivity contribution in [3.63, 3.8) is 0 Å². The van der Waals surface area contributed by atoms with Crippen LogP contribution >= 0.6 is 0 Å². The van der Waals surface area contributed by atoms with Gasteiger partial charge in [-0.25, -0.2) is 0 Å². The van der Waals surface area contributed by atoms with E-state index < -0.39 is 0 Å². The van der Waals surface area contributed by atoms with E-state index in [1.165, 1.54) is 16.7 Å². The first-order valence-corrected chi connectivity index (χ1v) is 7.84. The molecule has 0 saturated heterocycles. The summed E-state index contributed by atoms with van der Waals surface area (Å²) in [4.78, 5) is 0. The Morgan fingerprint density at radius 3 is 1.25 bits per heavy atom. The zero-order chi connectivity index (χ0) is 15.9. The van der Waals surface area contributed by atoms with E-state index in [4.69, 9.17) is 0 Å². The Kier molecular flexibility index (Phi) is 4.63. The molecule has 1 aromatic carbocycles. The van der Waals surface area contributed by atoms with E-state index in [-0.39, 0.29) is 10.8 Å². The molecule has 1 N–H and O–H groups in total. The van der Waals surface area contributed by atoms with Crippen LogP contribution in [0.3, 0.4) is 0 Å². The van der Waals surface area contributed by atoms with Gasteiger partial charge in [0.15, 0.2) is 0 Å². The lowest BCUT2D eigenvalue weighted by molar-refractivity contribution is 0.418. The van der Waals surface area contributed by atoms with Crippen LogP contribution in [-0.2, 0) is 23.7 Å². The van der Waals surface area contributed by atoms with Crippen LogP contribution in [0.4, 0.5) is 0 Å². The smallest absolute Gasteiger partial charge is 0.123 e. The predicted molar refractivity (Wildman–Crippen MR) is 89.0 cm³/mol. The lowest BCUT2D eigenvalue weighted by atomic mass is 9.72. The first-order valence-electron chi connectivity index (χ1n) is 7.84. The van der Waals surface area contributed by atoms with Crippen LogP contribution in [0, 0.1) is 6.92 Å². The lowest BCUT2D eigenvalue weighted by Gasteiger charge is -2.33. The second-order valence-corrected chi connectivity index (χ2v) is 7.89. The number of hydrogen-bond donors (Lipinski definition) is 1. The summed E-state index contributed by atoms with van der Waals surface area (Å²) in [5, 5.41) is 11.0. The minimum absolute atomic E-state index is 0.0353. The molecule has 0 atom stereocenters. The van der Waals surface area contributed by atoms with Gasteiger partial charge in [0.2, 0.25) is 0 Å². The normalized spacial score (nSPS) is 12.8. The molecule has 0 aliphatic rings. The third-order valence-corrected chi connectivity index (χ3v) is 4.19. The van der Waals surface area contributed by atoms with Gasteiger partial charge in [0.25, 0.3) is 0 Å². The maximum atomic E-state index is 11.0. The fourth-order valence-corrected chi connectivity index (χ4v) is 3.47. The van der Waals surface area contributed by atoms with E-state index in [1.807, 2.05) is 0 Å². The van der Waals surface area contributed by atoms with Crippen molar-refractivity contribution >= 4 is 0 Å². The summed E-state index contributed by atoms with van der Waals surface area (Å²) in [6, 6.07) is 0. The molecule has 1 aromatic rings. The third-order valence-electron chi connectivity index (χ3n) is 4.19. The van der Waals surface area contributed by atoms with Crippen LogP contribution in [0.15, 0.2) is 0 Å². The Labute approximate surface area is 125 Å². The summed E-state index contributed by atoms with van der Waals surface area (Å²) >= 11 is 0. The first kappa shape index (κ1) is 17.1. The Bertz CT molecular complexity index is 453. The van der Waals surface area contributed by atoms with Gasteiger partial charge in [-0.05, 0) is 47.3 Å². The molecule has 0 aliphatic heterocycles. The zero-order valence-electron chi connectivity index (χ0n) is 14.9. The molecular formula is C19H32O. The summed E-state index contributed by atoms with van der Waals surface area (Å²) in [6.45, 7) is 19.8. The van der Waals surface area contributed by atoms with E-state index >= 15 is 0 Å². The van der Waals surface area contributed by atoms with Gasteiger partial charge in [-0.1, -0.05) is 55.4 Å². The molecule has 0 unspecified atom stereocenters. The van der Waals surface area contributed by atoms with Gasteiger partial charge in [-0.2, -0.15) is 0 Å². The van der Waals surface area contributed by atoms with Crippen LogP contribution in [0.1, 0.15) is 83.2 Å². The molecule has 0 bridgehead atoms. The van der Waals surface area contributed by atoms with Crippen molar-refractivity contribution < 1.29 is 5.11 Å². The number of hydrogen-bond acceptors (Lipinski definition) is 1. The Hall–Kier alpha value is -0.980. The van der Waals surface area contributed by atoms with E-state index in [1.54, 1.807) is 0 Å².